The van der Waals surface area contributed by atoms with Crippen LogP contribution in [0.4, 0.5) is 0 Å². The van der Waals surface area contributed by atoms with Crippen LogP contribution in [0.25, 0.3) is 0 Å². The number of benzene rings is 2. The molecule has 32 heavy (non-hydrogen) atoms. The Hall–Kier alpha value is -2.12. The molecule has 2 aromatic rings. The smallest absolute Gasteiger partial charge is 0.326 e. The van der Waals surface area contributed by atoms with Crippen molar-refractivity contribution >= 4 is 46.2 Å². The van der Waals surface area contributed by atoms with Crippen LogP contribution in [0.5, 0.6) is 0 Å². The Balaban J connectivity index is 2.12. The lowest BCUT2D eigenvalue weighted by molar-refractivity contribution is -0.143. The van der Waals surface area contributed by atoms with Crippen molar-refractivity contribution in [2.45, 2.75) is 50.8 Å². The molecular weight excluding hydrogens is 490 g/mol. The number of carboxylic acid groups (broad SMARTS) is 1. The summed E-state index contributed by atoms with van der Waals surface area (Å²) >= 11 is 7.89. The summed E-state index contributed by atoms with van der Waals surface area (Å²) in [5.41, 5.74) is 1.90. The number of amides is 1. The number of carboxylic acids is 1. The second kappa shape index (κ2) is 12.8. The maximum absolute atomic E-state index is 13.0. The zero-order valence-electron chi connectivity index (χ0n) is 18.3. The van der Waals surface area contributed by atoms with Crippen LogP contribution in [-0.2, 0) is 27.2 Å². The van der Waals surface area contributed by atoms with E-state index in [0.717, 1.165) is 15.6 Å². The number of carbonyl (C=O) groups excluding carboxylic acids is 2. The average Bonchev–Trinajstić information content (AvgIpc) is 2.74. The van der Waals surface area contributed by atoms with Gasteiger partial charge in [0.25, 0.3) is 0 Å². The van der Waals surface area contributed by atoms with Crippen molar-refractivity contribution in [1.82, 2.24) is 5.32 Å². The lowest BCUT2D eigenvalue weighted by Gasteiger charge is -2.22. The van der Waals surface area contributed by atoms with Gasteiger partial charge >= 0.3 is 5.97 Å². The Kier molecular flexibility index (Phi) is 10.5. The molecule has 172 valence electrons. The van der Waals surface area contributed by atoms with Crippen LogP contribution >= 0.6 is 28.6 Å². The van der Waals surface area contributed by atoms with Crippen molar-refractivity contribution in [3.05, 3.63) is 70.2 Å². The molecule has 1 amide bonds. The quantitative estimate of drug-likeness (QED) is 0.354. The highest BCUT2D eigenvalue weighted by molar-refractivity contribution is 9.10. The normalized spacial score (nSPS) is 13.9. The van der Waals surface area contributed by atoms with Gasteiger partial charge in [0.1, 0.15) is 11.8 Å². The number of carbonyl (C=O) groups is 3. The van der Waals surface area contributed by atoms with E-state index < -0.39 is 29.1 Å². The number of thiol groups is 1. The van der Waals surface area contributed by atoms with E-state index in [-0.39, 0.29) is 18.1 Å². The summed E-state index contributed by atoms with van der Waals surface area (Å²) < 4.78 is 0.956. The van der Waals surface area contributed by atoms with E-state index in [0.29, 0.717) is 19.3 Å². The van der Waals surface area contributed by atoms with E-state index in [2.05, 4.69) is 33.9 Å². The molecule has 0 aliphatic heterocycles. The van der Waals surface area contributed by atoms with Crippen LogP contribution < -0.4 is 5.32 Å². The summed E-state index contributed by atoms with van der Waals surface area (Å²) in [4.78, 5) is 37.6. The SMILES string of the molecule is CC(C)C[C@H](NC(=O)C(CC(=O)C(S)Cc1ccc(Br)cc1)Cc1ccccc1)C(=O)O. The second-order valence-electron chi connectivity index (χ2n) is 8.43. The van der Waals surface area contributed by atoms with E-state index in [1.807, 2.05) is 68.4 Å². The van der Waals surface area contributed by atoms with Crippen molar-refractivity contribution in [3.63, 3.8) is 0 Å². The monoisotopic (exact) mass is 519 g/mol. The van der Waals surface area contributed by atoms with Crippen LogP contribution in [0.15, 0.2) is 59.1 Å². The third-order valence-corrected chi connectivity index (χ3v) is 6.18. The number of Topliss-reactive ketones (excluding diaryl/α,β-unsaturated/α-hetero) is 1. The van der Waals surface area contributed by atoms with Gasteiger partial charge in [-0.2, -0.15) is 12.6 Å². The number of hydrogen-bond acceptors (Lipinski definition) is 4. The maximum atomic E-state index is 13.0. The fraction of sp³-hybridized carbons (Fsp3) is 0.400. The summed E-state index contributed by atoms with van der Waals surface area (Å²) in [6.45, 7) is 3.81. The number of rotatable bonds is 12. The van der Waals surface area contributed by atoms with Crippen LogP contribution in [0.1, 0.15) is 37.8 Å². The van der Waals surface area contributed by atoms with Crippen LogP contribution in [0.2, 0.25) is 0 Å². The molecule has 0 aliphatic carbocycles. The molecule has 5 nitrogen and oxygen atoms in total. The number of hydrogen-bond donors (Lipinski definition) is 3. The molecule has 2 N–H and O–H groups in total. The molecule has 0 saturated heterocycles. The molecule has 2 rings (SSSR count). The van der Waals surface area contributed by atoms with Gasteiger partial charge in [-0.3, -0.25) is 9.59 Å². The Labute approximate surface area is 203 Å². The minimum absolute atomic E-state index is 0.000556. The number of aliphatic carboxylic acids is 1. The molecule has 0 spiro atoms. The van der Waals surface area contributed by atoms with Gasteiger partial charge < -0.3 is 10.4 Å². The van der Waals surface area contributed by atoms with E-state index in [1.165, 1.54) is 0 Å². The molecule has 2 aromatic carbocycles. The van der Waals surface area contributed by atoms with Crippen LogP contribution in [-0.4, -0.2) is 34.1 Å². The van der Waals surface area contributed by atoms with Gasteiger partial charge in [-0.05, 0) is 48.4 Å². The summed E-state index contributed by atoms with van der Waals surface area (Å²) in [6.07, 6.45) is 1.14. The van der Waals surface area contributed by atoms with Gasteiger partial charge in [0.2, 0.25) is 5.91 Å². The fourth-order valence-electron chi connectivity index (χ4n) is 3.48. The van der Waals surface area contributed by atoms with Gasteiger partial charge in [0.15, 0.2) is 0 Å². The molecule has 0 bridgehead atoms. The highest BCUT2D eigenvalue weighted by Crippen LogP contribution is 2.20. The summed E-state index contributed by atoms with van der Waals surface area (Å²) in [7, 11) is 0. The van der Waals surface area contributed by atoms with Gasteiger partial charge in [-0.15, -0.1) is 0 Å². The van der Waals surface area contributed by atoms with Crippen molar-refractivity contribution in [1.29, 1.82) is 0 Å². The largest absolute Gasteiger partial charge is 0.480 e. The van der Waals surface area contributed by atoms with Crippen molar-refractivity contribution in [3.8, 4) is 0 Å². The highest BCUT2D eigenvalue weighted by Gasteiger charge is 2.29. The van der Waals surface area contributed by atoms with Crippen molar-refractivity contribution < 1.29 is 19.5 Å². The first-order valence-corrected chi connectivity index (χ1v) is 12.0. The predicted molar refractivity (Wildman–Crippen MR) is 133 cm³/mol. The fourth-order valence-corrected chi connectivity index (χ4v) is 4.06. The predicted octanol–water partition coefficient (Wildman–Crippen LogP) is 4.72. The Morgan fingerprint density at radius 1 is 0.969 bits per heavy atom. The van der Waals surface area contributed by atoms with Gasteiger partial charge in [-0.1, -0.05) is 72.2 Å². The van der Waals surface area contributed by atoms with Gasteiger partial charge in [0, 0.05) is 16.8 Å². The average molecular weight is 520 g/mol. The minimum Gasteiger partial charge on any atom is -0.480 e. The Morgan fingerprint density at radius 2 is 1.56 bits per heavy atom. The molecule has 3 atom stereocenters. The van der Waals surface area contributed by atoms with E-state index >= 15 is 0 Å². The first-order valence-electron chi connectivity index (χ1n) is 10.7. The standard InChI is InChI=1S/C25H30BrNO4S/c1-16(2)12-21(25(30)31)27-24(29)19(13-17-6-4-3-5-7-17)15-22(28)23(32)14-18-8-10-20(26)11-9-18/h3-11,16,19,21,23,32H,12-15H2,1-2H3,(H,27,29)(H,30,31)/t19?,21-,23?/m0/s1. The molecule has 0 radical (unpaired) electrons. The summed E-state index contributed by atoms with van der Waals surface area (Å²) in [6, 6.07) is 16.1. The zero-order valence-corrected chi connectivity index (χ0v) is 20.8. The number of nitrogens with one attached hydrogen (secondary N) is 1. The Bertz CT molecular complexity index is 902. The second-order valence-corrected chi connectivity index (χ2v) is 9.97. The van der Waals surface area contributed by atoms with Crippen molar-refractivity contribution in [2.75, 3.05) is 0 Å². The summed E-state index contributed by atoms with van der Waals surface area (Å²) in [5, 5.41) is 11.6. The number of ketones is 1. The Morgan fingerprint density at radius 3 is 2.12 bits per heavy atom. The zero-order chi connectivity index (χ0) is 23.7. The van der Waals surface area contributed by atoms with Gasteiger partial charge in [-0.25, -0.2) is 4.79 Å². The van der Waals surface area contributed by atoms with Crippen LogP contribution in [0, 0.1) is 11.8 Å². The topological polar surface area (TPSA) is 83.5 Å². The molecule has 0 aliphatic rings. The minimum atomic E-state index is -1.07. The van der Waals surface area contributed by atoms with E-state index in [1.54, 1.807) is 0 Å². The first kappa shape index (κ1) is 26.1. The molecule has 0 saturated carbocycles. The van der Waals surface area contributed by atoms with Crippen molar-refractivity contribution in [2.24, 2.45) is 11.8 Å². The lowest BCUT2D eigenvalue weighted by atomic mass is 9.91. The third-order valence-electron chi connectivity index (χ3n) is 5.18. The molecule has 0 aromatic heterocycles. The molecule has 0 heterocycles. The molecule has 7 heteroatoms. The molecular formula is C25H30BrNO4S. The lowest BCUT2D eigenvalue weighted by Crippen LogP contribution is -2.45. The highest BCUT2D eigenvalue weighted by atomic mass is 79.9. The maximum Gasteiger partial charge on any atom is 0.326 e. The first-order chi connectivity index (χ1) is 15.2. The summed E-state index contributed by atoms with van der Waals surface area (Å²) in [5.74, 6) is -2.18. The van der Waals surface area contributed by atoms with Crippen LogP contribution in [0.3, 0.4) is 0 Å². The molecule has 0 fully saturated rings. The van der Waals surface area contributed by atoms with E-state index in [9.17, 15) is 19.5 Å². The van der Waals surface area contributed by atoms with Gasteiger partial charge in [0.05, 0.1) is 5.25 Å². The number of halogens is 1. The van der Waals surface area contributed by atoms with E-state index in [4.69, 9.17) is 0 Å². The molecule has 2 unspecified atom stereocenters. The third kappa shape index (κ3) is 8.79.